The molecule has 4 unspecified atom stereocenters. The molecule has 1 aromatic carbocycles. The van der Waals surface area contributed by atoms with Crippen LogP contribution in [0.15, 0.2) is 30.3 Å². The van der Waals surface area contributed by atoms with E-state index in [9.17, 15) is 29.1 Å². The highest BCUT2D eigenvalue weighted by atomic mass is 32.1. The molecule has 0 aromatic heterocycles. The predicted molar refractivity (Wildman–Crippen MR) is 135 cm³/mol. The van der Waals surface area contributed by atoms with Crippen molar-refractivity contribution in [3.05, 3.63) is 35.9 Å². The van der Waals surface area contributed by atoms with E-state index >= 15 is 0 Å². The number of thiol groups is 1. The van der Waals surface area contributed by atoms with E-state index < -0.39 is 60.2 Å². The van der Waals surface area contributed by atoms with Gasteiger partial charge >= 0.3 is 11.9 Å². The topological polar surface area (TPSA) is 214 Å². The number of benzene rings is 1. The number of unbranched alkanes of at least 4 members (excludes halogenated alkanes) is 1. The molecule has 36 heavy (non-hydrogen) atoms. The summed E-state index contributed by atoms with van der Waals surface area (Å²) >= 11 is 4.00. The highest BCUT2D eigenvalue weighted by molar-refractivity contribution is 7.80. The Balaban J connectivity index is 3.06. The van der Waals surface area contributed by atoms with Crippen molar-refractivity contribution in [2.75, 3.05) is 12.3 Å². The van der Waals surface area contributed by atoms with Gasteiger partial charge in [-0.1, -0.05) is 30.3 Å². The highest BCUT2D eigenvalue weighted by Crippen LogP contribution is 2.08. The van der Waals surface area contributed by atoms with E-state index in [0.717, 1.165) is 5.56 Å². The third kappa shape index (κ3) is 11.5. The molecule has 0 radical (unpaired) electrons. The normalized spacial score (nSPS) is 14.1. The summed E-state index contributed by atoms with van der Waals surface area (Å²) in [6, 6.07) is 4.30. The first-order valence-corrected chi connectivity index (χ1v) is 12.2. The van der Waals surface area contributed by atoms with Crippen LogP contribution >= 0.6 is 12.6 Å². The number of carboxylic acid groups (broad SMARTS) is 2. The Hall–Kier alpha value is -3.16. The van der Waals surface area contributed by atoms with Gasteiger partial charge in [0.15, 0.2) is 0 Å². The lowest BCUT2D eigenvalue weighted by molar-refractivity contribution is -0.143. The van der Waals surface area contributed by atoms with Gasteiger partial charge < -0.3 is 37.6 Å². The molecule has 12 nitrogen and oxygen atoms in total. The molecule has 0 aliphatic rings. The van der Waals surface area contributed by atoms with Gasteiger partial charge in [0.2, 0.25) is 17.7 Å². The zero-order valence-electron chi connectivity index (χ0n) is 19.9. The Labute approximate surface area is 215 Å². The second-order valence-corrected chi connectivity index (χ2v) is 8.58. The van der Waals surface area contributed by atoms with Crippen molar-refractivity contribution in [2.45, 2.75) is 62.7 Å². The highest BCUT2D eigenvalue weighted by Gasteiger charge is 2.30. The molecule has 0 spiro atoms. The third-order valence-corrected chi connectivity index (χ3v) is 5.68. The number of amides is 3. The number of nitrogens with two attached hydrogens (primary N) is 2. The summed E-state index contributed by atoms with van der Waals surface area (Å²) in [7, 11) is 0. The largest absolute Gasteiger partial charge is 0.481 e. The molecule has 0 heterocycles. The molecular formula is C23H35N5O7S. The molecule has 4 atom stereocenters. The minimum absolute atomic E-state index is 0.0581. The summed E-state index contributed by atoms with van der Waals surface area (Å²) in [4.78, 5) is 60.8. The maximum Gasteiger partial charge on any atom is 0.326 e. The fourth-order valence-corrected chi connectivity index (χ4v) is 3.42. The molecule has 0 saturated carbocycles. The van der Waals surface area contributed by atoms with Gasteiger partial charge in [-0.05, 0) is 37.8 Å². The summed E-state index contributed by atoms with van der Waals surface area (Å²) < 4.78 is 0. The molecule has 0 aliphatic heterocycles. The van der Waals surface area contributed by atoms with E-state index in [1.807, 2.05) is 0 Å². The number of hydrogen-bond acceptors (Lipinski definition) is 8. The summed E-state index contributed by atoms with van der Waals surface area (Å²) in [5.41, 5.74) is 12.0. The van der Waals surface area contributed by atoms with Crippen LogP contribution in [0.25, 0.3) is 0 Å². The predicted octanol–water partition coefficient (Wildman–Crippen LogP) is -0.981. The molecule has 0 bridgehead atoms. The first kappa shape index (κ1) is 30.9. The van der Waals surface area contributed by atoms with E-state index in [2.05, 4.69) is 28.6 Å². The van der Waals surface area contributed by atoms with Gasteiger partial charge in [0, 0.05) is 18.6 Å². The van der Waals surface area contributed by atoms with Crippen LogP contribution in [0.4, 0.5) is 0 Å². The van der Waals surface area contributed by atoms with Crippen molar-refractivity contribution in [3.8, 4) is 0 Å². The average Bonchev–Trinajstić information content (AvgIpc) is 2.85. The fourth-order valence-electron chi connectivity index (χ4n) is 3.25. The van der Waals surface area contributed by atoms with Crippen LogP contribution in [0.3, 0.4) is 0 Å². The molecule has 0 saturated heterocycles. The van der Waals surface area contributed by atoms with Crippen LogP contribution in [0.2, 0.25) is 0 Å². The first-order valence-electron chi connectivity index (χ1n) is 11.5. The van der Waals surface area contributed by atoms with Crippen LogP contribution < -0.4 is 27.4 Å². The maximum absolute atomic E-state index is 13.2. The lowest BCUT2D eigenvalue weighted by atomic mass is 10.0. The Morgan fingerprint density at radius 3 is 1.97 bits per heavy atom. The molecule has 1 aromatic rings. The Bertz CT molecular complexity index is 887. The van der Waals surface area contributed by atoms with Crippen LogP contribution in [-0.4, -0.2) is 76.3 Å². The Morgan fingerprint density at radius 1 is 0.833 bits per heavy atom. The van der Waals surface area contributed by atoms with Gasteiger partial charge in [-0.3, -0.25) is 19.2 Å². The van der Waals surface area contributed by atoms with Gasteiger partial charge in [0.05, 0.1) is 6.04 Å². The fraction of sp³-hybridized carbons (Fsp3) is 0.522. The van der Waals surface area contributed by atoms with Crippen LogP contribution in [0, 0.1) is 0 Å². The minimum atomic E-state index is -1.45. The number of aliphatic carboxylic acids is 2. The number of nitrogens with one attached hydrogen (secondary N) is 3. The number of carbonyl (C=O) groups excluding carboxylic acids is 3. The van der Waals surface area contributed by atoms with Crippen molar-refractivity contribution >= 4 is 42.3 Å². The van der Waals surface area contributed by atoms with Crippen molar-refractivity contribution in [1.29, 1.82) is 0 Å². The number of hydrogen-bond donors (Lipinski definition) is 8. The molecule has 0 aliphatic carbocycles. The molecule has 1 rings (SSSR count). The van der Waals surface area contributed by atoms with Crippen LogP contribution in [0.5, 0.6) is 0 Å². The molecule has 3 amide bonds. The summed E-state index contributed by atoms with van der Waals surface area (Å²) in [5.74, 6) is -4.58. The van der Waals surface area contributed by atoms with Crippen molar-refractivity contribution in [1.82, 2.24) is 16.0 Å². The number of carboxylic acids is 2. The van der Waals surface area contributed by atoms with Gasteiger partial charge in [-0.2, -0.15) is 12.6 Å². The van der Waals surface area contributed by atoms with Crippen molar-refractivity contribution in [3.63, 3.8) is 0 Å². The minimum Gasteiger partial charge on any atom is -0.481 e. The number of rotatable bonds is 17. The quantitative estimate of drug-likeness (QED) is 0.0925. The first-order chi connectivity index (χ1) is 17.1. The van der Waals surface area contributed by atoms with E-state index in [-0.39, 0.29) is 25.0 Å². The van der Waals surface area contributed by atoms with E-state index in [0.29, 0.717) is 19.4 Å². The van der Waals surface area contributed by atoms with Crippen LogP contribution in [0.1, 0.15) is 37.7 Å². The zero-order chi connectivity index (χ0) is 27.1. The zero-order valence-corrected chi connectivity index (χ0v) is 20.8. The standard InChI is InChI=1S/C23H35N5O7S/c24-11-5-4-8-16(21(32)27-17(23(34)35)9-10-19(29)30)26-22(33)18(28-20(31)15(25)13-36)12-14-6-2-1-3-7-14/h1-3,6-7,15-18,36H,4-5,8-13,24-25H2,(H,26,33)(H,27,32)(H,28,31)(H,29,30)(H,34,35). The SMILES string of the molecule is NCCCCC(NC(=O)C(Cc1ccccc1)NC(=O)C(N)CS)C(=O)NC(CCC(=O)O)C(=O)O. The summed E-state index contributed by atoms with van der Waals surface area (Å²) in [6.45, 7) is 0.354. The van der Waals surface area contributed by atoms with Gasteiger partial charge in [-0.15, -0.1) is 0 Å². The summed E-state index contributed by atoms with van der Waals surface area (Å²) in [6.07, 6.45) is 0.504. The van der Waals surface area contributed by atoms with Gasteiger partial charge in [-0.25, -0.2) is 4.79 Å². The van der Waals surface area contributed by atoms with Gasteiger partial charge in [0.25, 0.3) is 0 Å². The van der Waals surface area contributed by atoms with E-state index in [1.54, 1.807) is 30.3 Å². The molecular weight excluding hydrogens is 490 g/mol. The number of carbonyl (C=O) groups is 5. The molecule has 13 heteroatoms. The van der Waals surface area contributed by atoms with E-state index in [4.69, 9.17) is 16.6 Å². The smallest absolute Gasteiger partial charge is 0.326 e. The Kier molecular flexibility index (Phi) is 14.1. The van der Waals surface area contributed by atoms with Gasteiger partial charge in [0.1, 0.15) is 18.1 Å². The van der Waals surface area contributed by atoms with Crippen LogP contribution in [-0.2, 0) is 30.4 Å². The lowest BCUT2D eigenvalue weighted by Gasteiger charge is -2.25. The molecule has 0 fully saturated rings. The molecule has 200 valence electrons. The maximum atomic E-state index is 13.2. The summed E-state index contributed by atoms with van der Waals surface area (Å²) in [5, 5.41) is 25.7. The second kappa shape index (κ2) is 16.5. The third-order valence-electron chi connectivity index (χ3n) is 5.29. The van der Waals surface area contributed by atoms with Crippen molar-refractivity contribution in [2.24, 2.45) is 11.5 Å². The van der Waals surface area contributed by atoms with E-state index in [1.165, 1.54) is 0 Å². The lowest BCUT2D eigenvalue weighted by Crippen LogP contribution is -2.57. The monoisotopic (exact) mass is 525 g/mol. The average molecular weight is 526 g/mol. The second-order valence-electron chi connectivity index (χ2n) is 8.22. The Morgan fingerprint density at radius 2 is 1.42 bits per heavy atom. The molecule has 9 N–H and O–H groups in total. The van der Waals surface area contributed by atoms with Crippen molar-refractivity contribution < 1.29 is 34.2 Å².